The summed E-state index contributed by atoms with van der Waals surface area (Å²) in [5.41, 5.74) is 11.6. The lowest BCUT2D eigenvalue weighted by Gasteiger charge is -2.47. The van der Waals surface area contributed by atoms with Gasteiger partial charge in [-0.3, -0.25) is 14.4 Å². The van der Waals surface area contributed by atoms with Gasteiger partial charge < -0.3 is 31.9 Å². The number of alkyl halides is 1. The number of aliphatic hydroxyl groups excluding tert-OH is 1. The van der Waals surface area contributed by atoms with E-state index in [0.717, 1.165) is 0 Å². The average molecular weight is 631 g/mol. The van der Waals surface area contributed by atoms with E-state index < -0.39 is 75.8 Å². The molecule has 1 aliphatic rings. The lowest BCUT2D eigenvalue weighted by Crippen LogP contribution is -2.73. The van der Waals surface area contributed by atoms with E-state index in [-0.39, 0.29) is 26.0 Å². The van der Waals surface area contributed by atoms with Crippen molar-refractivity contribution >= 4 is 41.3 Å². The number of rotatable bonds is 12. The first-order chi connectivity index (χ1) is 20.7. The van der Waals surface area contributed by atoms with Gasteiger partial charge in [0.25, 0.3) is 5.91 Å². The Morgan fingerprint density at radius 2 is 1.55 bits per heavy atom. The lowest BCUT2D eigenvalue weighted by molar-refractivity contribution is -0.904. The minimum atomic E-state index is -1.83. The van der Waals surface area contributed by atoms with Crippen LogP contribution >= 0.6 is 11.6 Å². The minimum absolute atomic E-state index is 0.00306. The summed E-state index contributed by atoms with van der Waals surface area (Å²) in [5.74, 6) is -3.23. The SMILES string of the molecule is CC(C)(C)[N+]1(C(=O)[C@@H](O)[C@H](Cc2ccccc2)NC(=O)[C@H](CC(N)=O)NC(=O)OCc2ccccc2)C[C@@H](Cl)C[C@H]1C(N)=O. The number of hydrogen-bond donors (Lipinski definition) is 5. The highest BCUT2D eigenvalue weighted by Crippen LogP contribution is 2.40. The van der Waals surface area contributed by atoms with E-state index >= 15 is 0 Å². The standard InChI is InChI=1S/C31H40ClN5O7/c1-31(2,3)37(17-21(32)15-24(37)27(34)40)29(42)26(39)22(14-19-10-6-4-7-11-19)35-28(41)23(16-25(33)38)36-30(43)44-18-20-12-8-5-9-13-20/h4-13,21-24,26,39H,14-18H2,1-3H3,(H5-,33,34,35,36,38,40,41,43)/p+1/t21-,22-,23-,24-,26-,37?/m0/s1. The summed E-state index contributed by atoms with van der Waals surface area (Å²) in [7, 11) is 0. The molecule has 0 saturated carbocycles. The molecular weight excluding hydrogens is 590 g/mol. The minimum Gasteiger partial charge on any atom is -0.445 e. The molecule has 2 aromatic carbocycles. The number of likely N-dealkylation sites (tertiary alicyclic amines) is 1. The normalized spacial score (nSPS) is 21.8. The van der Waals surface area contributed by atoms with Gasteiger partial charge in [0.2, 0.25) is 11.8 Å². The van der Waals surface area contributed by atoms with Gasteiger partial charge in [-0.15, -0.1) is 11.6 Å². The highest BCUT2D eigenvalue weighted by molar-refractivity contribution is 6.21. The van der Waals surface area contributed by atoms with Gasteiger partial charge in [0.05, 0.1) is 23.4 Å². The molecule has 238 valence electrons. The van der Waals surface area contributed by atoms with Crippen LogP contribution in [-0.2, 0) is 36.9 Å². The van der Waals surface area contributed by atoms with Gasteiger partial charge >= 0.3 is 12.0 Å². The van der Waals surface area contributed by atoms with Crippen LogP contribution in [-0.4, -0.2) is 81.0 Å². The van der Waals surface area contributed by atoms with Crippen molar-refractivity contribution in [3.8, 4) is 0 Å². The van der Waals surface area contributed by atoms with Gasteiger partial charge in [0.15, 0.2) is 12.1 Å². The molecule has 0 aromatic heterocycles. The molecule has 3 rings (SSSR count). The molecule has 1 saturated heterocycles. The zero-order chi connectivity index (χ0) is 32.7. The molecule has 6 atom stereocenters. The maximum Gasteiger partial charge on any atom is 0.408 e. The van der Waals surface area contributed by atoms with E-state index in [1.54, 1.807) is 81.4 Å². The van der Waals surface area contributed by atoms with Crippen LogP contribution in [0.3, 0.4) is 0 Å². The Kier molecular flexibility index (Phi) is 11.5. The number of ether oxygens (including phenoxy) is 1. The van der Waals surface area contributed by atoms with Gasteiger partial charge in [-0.1, -0.05) is 60.7 Å². The molecule has 13 heteroatoms. The van der Waals surface area contributed by atoms with E-state index in [4.69, 9.17) is 27.8 Å². The quantitative estimate of drug-likeness (QED) is 0.172. The van der Waals surface area contributed by atoms with Crippen LogP contribution in [0.2, 0.25) is 0 Å². The molecular formula is C31H41ClN5O7+. The van der Waals surface area contributed by atoms with Crippen LogP contribution in [0.4, 0.5) is 4.79 Å². The number of primary amides is 2. The number of alkyl carbamates (subject to hydrolysis) is 1. The second-order valence-corrected chi connectivity index (χ2v) is 12.6. The van der Waals surface area contributed by atoms with Gasteiger partial charge in [0, 0.05) is 6.42 Å². The van der Waals surface area contributed by atoms with Crippen LogP contribution in [0.15, 0.2) is 60.7 Å². The number of aliphatic hydroxyl groups is 1. The number of halogens is 1. The maximum atomic E-state index is 14.3. The Morgan fingerprint density at radius 1 is 0.977 bits per heavy atom. The van der Waals surface area contributed by atoms with Crippen LogP contribution in [0.25, 0.3) is 0 Å². The number of nitrogens with zero attached hydrogens (tertiary/aromatic N) is 1. The molecule has 1 aliphatic heterocycles. The Hall–Kier alpha value is -4.00. The summed E-state index contributed by atoms with van der Waals surface area (Å²) in [6.07, 6.45) is -3.25. The third-order valence-electron chi connectivity index (χ3n) is 7.90. The van der Waals surface area contributed by atoms with E-state index in [9.17, 15) is 29.1 Å². The topological polar surface area (TPSA) is 191 Å². The molecule has 5 amide bonds. The molecule has 1 fully saturated rings. The Morgan fingerprint density at radius 3 is 2.07 bits per heavy atom. The smallest absolute Gasteiger partial charge is 0.408 e. The fourth-order valence-corrected chi connectivity index (χ4v) is 6.09. The fraction of sp³-hybridized carbons (Fsp3) is 0.452. The van der Waals surface area contributed by atoms with Crippen LogP contribution in [0.5, 0.6) is 0 Å². The predicted molar refractivity (Wildman–Crippen MR) is 163 cm³/mol. The van der Waals surface area contributed by atoms with Gasteiger partial charge in [-0.05, 0) is 38.3 Å². The monoisotopic (exact) mass is 630 g/mol. The maximum absolute atomic E-state index is 14.3. The van der Waals surface area contributed by atoms with E-state index in [0.29, 0.717) is 11.1 Å². The summed E-state index contributed by atoms with van der Waals surface area (Å²) >= 11 is 6.46. The van der Waals surface area contributed by atoms with Gasteiger partial charge in [-0.2, -0.15) is 0 Å². The molecule has 1 unspecified atom stereocenters. The van der Waals surface area contributed by atoms with Gasteiger partial charge in [-0.25, -0.2) is 14.1 Å². The fourth-order valence-electron chi connectivity index (χ4n) is 5.70. The first-order valence-electron chi connectivity index (χ1n) is 14.3. The Bertz CT molecular complexity index is 1340. The van der Waals surface area contributed by atoms with E-state index in [2.05, 4.69) is 10.6 Å². The Balaban J connectivity index is 1.89. The average Bonchev–Trinajstić information content (AvgIpc) is 3.34. The first kappa shape index (κ1) is 34.5. The van der Waals surface area contributed by atoms with Crippen molar-refractivity contribution in [1.82, 2.24) is 10.6 Å². The Labute approximate surface area is 261 Å². The number of nitrogens with two attached hydrogens (primary N) is 2. The molecule has 44 heavy (non-hydrogen) atoms. The lowest BCUT2D eigenvalue weighted by atomic mass is 9.93. The van der Waals surface area contributed by atoms with Crippen molar-refractivity contribution in [1.29, 1.82) is 0 Å². The molecule has 0 bridgehead atoms. The molecule has 0 aliphatic carbocycles. The van der Waals surface area contributed by atoms with E-state index in [1.165, 1.54) is 0 Å². The summed E-state index contributed by atoms with van der Waals surface area (Å²) in [5, 5.41) is 16.1. The predicted octanol–water partition coefficient (Wildman–Crippen LogP) is 1.25. The van der Waals surface area contributed by atoms with Gasteiger partial charge in [0.1, 0.15) is 19.2 Å². The molecule has 7 N–H and O–H groups in total. The number of carbonyl (C=O) groups excluding carboxylic acids is 5. The van der Waals surface area contributed by atoms with E-state index in [1.807, 2.05) is 0 Å². The number of benzene rings is 2. The van der Waals surface area contributed by atoms with Crippen molar-refractivity contribution in [2.24, 2.45) is 11.5 Å². The van der Waals surface area contributed by atoms with Crippen LogP contribution in [0.1, 0.15) is 44.7 Å². The van der Waals surface area contributed by atoms with Crippen molar-refractivity contribution in [3.05, 3.63) is 71.8 Å². The highest BCUT2D eigenvalue weighted by Gasteiger charge is 2.62. The van der Waals surface area contributed by atoms with Crippen molar-refractivity contribution in [3.63, 3.8) is 0 Å². The number of hydrogen-bond acceptors (Lipinski definition) is 7. The first-order valence-corrected chi connectivity index (χ1v) is 14.7. The molecule has 1 heterocycles. The molecule has 12 nitrogen and oxygen atoms in total. The van der Waals surface area contributed by atoms with Crippen molar-refractivity contribution in [2.75, 3.05) is 6.54 Å². The number of carbonyl (C=O) groups is 5. The third-order valence-corrected chi connectivity index (χ3v) is 8.22. The van der Waals surface area contributed by atoms with Crippen molar-refractivity contribution in [2.45, 2.75) is 81.8 Å². The summed E-state index contributed by atoms with van der Waals surface area (Å²) in [6, 6.07) is 13.9. The van der Waals surface area contributed by atoms with Crippen LogP contribution < -0.4 is 22.1 Å². The second-order valence-electron chi connectivity index (χ2n) is 12.0. The third kappa shape index (κ3) is 8.34. The highest BCUT2D eigenvalue weighted by atomic mass is 35.5. The number of amides is 5. The summed E-state index contributed by atoms with van der Waals surface area (Å²) in [6.45, 7) is 5.21. The number of quaternary nitrogens is 1. The van der Waals surface area contributed by atoms with Crippen LogP contribution in [0, 0.1) is 0 Å². The zero-order valence-electron chi connectivity index (χ0n) is 25.1. The zero-order valence-corrected chi connectivity index (χ0v) is 25.8. The molecule has 0 radical (unpaired) electrons. The summed E-state index contributed by atoms with van der Waals surface area (Å²) in [4.78, 5) is 64.8. The number of nitrogens with one attached hydrogen (secondary N) is 2. The largest absolute Gasteiger partial charge is 0.445 e. The second kappa shape index (κ2) is 14.7. The molecule has 2 aromatic rings. The summed E-state index contributed by atoms with van der Waals surface area (Å²) < 4.78 is 4.67. The molecule has 0 spiro atoms. The van der Waals surface area contributed by atoms with Crippen molar-refractivity contribution < 1.29 is 38.3 Å².